The molecule has 5 nitrogen and oxygen atoms in total. The number of hydrogen-bond acceptors (Lipinski definition) is 4. The average Bonchev–Trinajstić information content (AvgIpc) is 2.51. The first-order chi connectivity index (χ1) is 11.7. The predicted octanol–water partition coefficient (Wildman–Crippen LogP) is 2.50. The van der Waals surface area contributed by atoms with Gasteiger partial charge in [0.05, 0.1) is 17.6 Å². The monoisotopic (exact) mass is 371 g/mol. The van der Waals surface area contributed by atoms with Crippen molar-refractivity contribution in [3.8, 4) is 0 Å². The summed E-state index contributed by atoms with van der Waals surface area (Å²) < 4.78 is 29.0. The van der Waals surface area contributed by atoms with Crippen LogP contribution in [0.4, 0.5) is 0 Å². The number of amides is 1. The fourth-order valence-electron chi connectivity index (χ4n) is 4.99. The van der Waals surface area contributed by atoms with Crippen molar-refractivity contribution in [3.05, 3.63) is 0 Å². The van der Waals surface area contributed by atoms with Crippen LogP contribution < -0.4 is 0 Å². The Hall–Kier alpha value is -0.620. The van der Waals surface area contributed by atoms with E-state index in [1.54, 1.807) is 0 Å². The fourth-order valence-corrected chi connectivity index (χ4v) is 7.34. The van der Waals surface area contributed by atoms with E-state index in [2.05, 4.69) is 20.8 Å². The van der Waals surface area contributed by atoms with Crippen LogP contribution in [0.3, 0.4) is 0 Å². The molecular formula is C19H33NO4S. The van der Waals surface area contributed by atoms with Crippen molar-refractivity contribution >= 4 is 15.7 Å². The second kappa shape index (κ2) is 7.18. The number of sulfone groups is 1. The number of carbonyl (C=O) groups excluding carboxylic acids is 1. The third-order valence-electron chi connectivity index (χ3n) is 6.61. The van der Waals surface area contributed by atoms with Crippen molar-refractivity contribution in [2.45, 2.75) is 59.0 Å². The molecule has 0 aromatic rings. The van der Waals surface area contributed by atoms with Crippen molar-refractivity contribution in [1.82, 2.24) is 4.90 Å². The lowest BCUT2D eigenvalue weighted by Gasteiger charge is -2.47. The zero-order chi connectivity index (χ0) is 18.2. The van der Waals surface area contributed by atoms with Crippen LogP contribution in [-0.4, -0.2) is 56.5 Å². The van der Waals surface area contributed by atoms with E-state index >= 15 is 0 Å². The minimum absolute atomic E-state index is 0.0436. The molecule has 0 aromatic heterocycles. The summed E-state index contributed by atoms with van der Waals surface area (Å²) in [6, 6.07) is 0. The molecule has 0 bridgehead atoms. The van der Waals surface area contributed by atoms with E-state index in [1.165, 1.54) is 12.8 Å². The van der Waals surface area contributed by atoms with Gasteiger partial charge in [0.15, 0.2) is 9.84 Å². The molecular weight excluding hydrogens is 338 g/mol. The van der Waals surface area contributed by atoms with Gasteiger partial charge in [-0.1, -0.05) is 27.2 Å². The van der Waals surface area contributed by atoms with E-state index in [1.807, 2.05) is 4.90 Å². The van der Waals surface area contributed by atoms with E-state index in [4.69, 9.17) is 4.74 Å². The number of piperidine rings is 1. The largest absolute Gasteiger partial charge is 0.368 e. The zero-order valence-corrected chi connectivity index (χ0v) is 16.7. The summed E-state index contributed by atoms with van der Waals surface area (Å²) in [5, 5.41) is 0. The number of nitrogens with zero attached hydrogens (tertiary/aromatic N) is 1. The molecule has 25 heavy (non-hydrogen) atoms. The molecule has 3 aliphatic rings. The Morgan fingerprint density at radius 1 is 1.20 bits per heavy atom. The summed E-state index contributed by atoms with van der Waals surface area (Å²) in [7, 11) is -2.80. The molecule has 0 radical (unpaired) electrons. The SMILES string of the molecule is CC1CCC(C(C)C)C(OCC(=O)N2CCC3(CC2)CS(=O)(=O)C3)C1. The standard InChI is InChI=1S/C19H33NO4S/c1-14(2)16-5-4-15(3)10-17(16)24-11-18(21)20-8-6-19(7-9-20)12-25(22,23)13-19/h14-17H,4-13H2,1-3H3. The van der Waals surface area contributed by atoms with Gasteiger partial charge in [-0.2, -0.15) is 0 Å². The first-order valence-electron chi connectivity index (χ1n) is 9.79. The number of ether oxygens (including phenoxy) is 1. The molecule has 2 aliphatic heterocycles. The summed E-state index contributed by atoms with van der Waals surface area (Å²) >= 11 is 0. The topological polar surface area (TPSA) is 63.7 Å². The normalized spacial score (nSPS) is 34.1. The zero-order valence-electron chi connectivity index (χ0n) is 15.9. The van der Waals surface area contributed by atoms with E-state index in [0.29, 0.717) is 42.3 Å². The quantitative estimate of drug-likeness (QED) is 0.762. The van der Waals surface area contributed by atoms with Crippen LogP contribution in [0.5, 0.6) is 0 Å². The van der Waals surface area contributed by atoms with Gasteiger partial charge >= 0.3 is 0 Å². The van der Waals surface area contributed by atoms with Crippen LogP contribution >= 0.6 is 0 Å². The number of carbonyl (C=O) groups is 1. The first-order valence-corrected chi connectivity index (χ1v) is 11.6. The Bertz CT molecular complexity index is 579. The third kappa shape index (κ3) is 4.38. The van der Waals surface area contributed by atoms with E-state index in [9.17, 15) is 13.2 Å². The lowest BCUT2D eigenvalue weighted by atomic mass is 9.75. The fraction of sp³-hybridized carbons (Fsp3) is 0.947. The van der Waals surface area contributed by atoms with Gasteiger partial charge in [0, 0.05) is 18.5 Å². The molecule has 3 atom stereocenters. The summed E-state index contributed by atoms with van der Waals surface area (Å²) in [5.74, 6) is 2.50. The molecule has 2 heterocycles. The van der Waals surface area contributed by atoms with Gasteiger partial charge < -0.3 is 9.64 Å². The minimum Gasteiger partial charge on any atom is -0.368 e. The summed E-state index contributed by atoms with van der Waals surface area (Å²) in [5.41, 5.74) is -0.0436. The maximum absolute atomic E-state index is 12.5. The summed E-state index contributed by atoms with van der Waals surface area (Å²) in [6.07, 6.45) is 5.32. The van der Waals surface area contributed by atoms with E-state index < -0.39 is 9.84 Å². The van der Waals surface area contributed by atoms with Crippen molar-refractivity contribution < 1.29 is 17.9 Å². The smallest absolute Gasteiger partial charge is 0.248 e. The number of likely N-dealkylation sites (tertiary alicyclic amines) is 1. The van der Waals surface area contributed by atoms with Crippen molar-refractivity contribution in [2.75, 3.05) is 31.2 Å². The highest BCUT2D eigenvalue weighted by Gasteiger charge is 2.50. The van der Waals surface area contributed by atoms with Crippen LogP contribution in [0.2, 0.25) is 0 Å². The Balaban J connectivity index is 1.46. The van der Waals surface area contributed by atoms with Gasteiger partial charge in [0.2, 0.25) is 5.91 Å². The second-order valence-electron chi connectivity index (χ2n) is 9.09. The molecule has 6 heteroatoms. The van der Waals surface area contributed by atoms with Crippen LogP contribution in [0.25, 0.3) is 0 Å². The first kappa shape index (κ1) is 19.2. The highest BCUT2D eigenvalue weighted by atomic mass is 32.2. The van der Waals surface area contributed by atoms with Gasteiger partial charge in [-0.05, 0) is 43.4 Å². The van der Waals surface area contributed by atoms with E-state index in [-0.39, 0.29) is 24.0 Å². The van der Waals surface area contributed by atoms with Gasteiger partial charge in [-0.15, -0.1) is 0 Å². The van der Waals surface area contributed by atoms with Crippen molar-refractivity contribution in [1.29, 1.82) is 0 Å². The Morgan fingerprint density at radius 3 is 2.40 bits per heavy atom. The molecule has 3 unspecified atom stereocenters. The minimum atomic E-state index is -2.80. The van der Waals surface area contributed by atoms with Crippen molar-refractivity contribution in [3.63, 3.8) is 0 Å². The molecule has 2 saturated heterocycles. The van der Waals surface area contributed by atoms with Gasteiger partial charge in [0.25, 0.3) is 0 Å². The lowest BCUT2D eigenvalue weighted by Crippen LogP contribution is -2.55. The van der Waals surface area contributed by atoms with Gasteiger partial charge in [0.1, 0.15) is 6.61 Å². The van der Waals surface area contributed by atoms with Crippen LogP contribution in [0.15, 0.2) is 0 Å². The van der Waals surface area contributed by atoms with Crippen molar-refractivity contribution in [2.24, 2.45) is 23.2 Å². The molecule has 144 valence electrons. The van der Waals surface area contributed by atoms with Crippen LogP contribution in [0.1, 0.15) is 52.9 Å². The molecule has 0 N–H and O–H groups in total. The highest BCUT2D eigenvalue weighted by Crippen LogP contribution is 2.42. The average molecular weight is 372 g/mol. The van der Waals surface area contributed by atoms with Gasteiger partial charge in [-0.3, -0.25) is 4.79 Å². The Morgan fingerprint density at radius 2 is 1.84 bits per heavy atom. The predicted molar refractivity (Wildman–Crippen MR) is 98.0 cm³/mol. The molecule has 1 saturated carbocycles. The molecule has 3 rings (SSSR count). The summed E-state index contributed by atoms with van der Waals surface area (Å²) in [4.78, 5) is 14.4. The third-order valence-corrected chi connectivity index (χ3v) is 8.72. The highest BCUT2D eigenvalue weighted by molar-refractivity contribution is 7.92. The molecule has 1 aliphatic carbocycles. The molecule has 3 fully saturated rings. The second-order valence-corrected chi connectivity index (χ2v) is 11.2. The Labute approximate surface area is 152 Å². The number of rotatable bonds is 4. The molecule has 0 aromatic carbocycles. The lowest BCUT2D eigenvalue weighted by molar-refractivity contribution is -0.143. The maximum atomic E-state index is 12.5. The molecule has 1 amide bonds. The van der Waals surface area contributed by atoms with Gasteiger partial charge in [-0.25, -0.2) is 8.42 Å². The summed E-state index contributed by atoms with van der Waals surface area (Å²) in [6.45, 7) is 8.28. The van der Waals surface area contributed by atoms with Crippen LogP contribution in [-0.2, 0) is 19.4 Å². The van der Waals surface area contributed by atoms with Crippen LogP contribution in [0, 0.1) is 23.2 Å². The number of hydrogen-bond donors (Lipinski definition) is 0. The maximum Gasteiger partial charge on any atom is 0.248 e. The Kier molecular flexibility index (Phi) is 5.50. The van der Waals surface area contributed by atoms with E-state index in [0.717, 1.165) is 19.3 Å². The molecule has 1 spiro atoms.